The van der Waals surface area contributed by atoms with Crippen LogP contribution < -0.4 is 4.90 Å². The second kappa shape index (κ2) is 6.48. The number of hydrogen-bond donors (Lipinski definition) is 1. The van der Waals surface area contributed by atoms with Crippen LogP contribution in [-0.4, -0.2) is 16.8 Å². The Morgan fingerprint density at radius 2 is 1.96 bits per heavy atom. The molecule has 25 heavy (non-hydrogen) atoms. The fourth-order valence-corrected chi connectivity index (χ4v) is 4.03. The highest BCUT2D eigenvalue weighted by Gasteiger charge is 2.45. The van der Waals surface area contributed by atoms with Crippen molar-refractivity contribution in [1.29, 1.82) is 0 Å². The van der Waals surface area contributed by atoms with Gasteiger partial charge in [-0.3, -0.25) is 14.5 Å². The molecule has 2 aromatic rings. The normalized spacial score (nSPS) is 17.7. The predicted octanol–water partition coefficient (Wildman–Crippen LogP) is 4.49. The van der Waals surface area contributed by atoms with Gasteiger partial charge >= 0.3 is 0 Å². The van der Waals surface area contributed by atoms with Gasteiger partial charge in [0.2, 0.25) is 0 Å². The summed E-state index contributed by atoms with van der Waals surface area (Å²) in [4.78, 5) is 28.0. The van der Waals surface area contributed by atoms with E-state index >= 15 is 0 Å². The number of aliphatic hydroxyl groups is 1. The maximum Gasteiger partial charge on any atom is 0.294 e. The van der Waals surface area contributed by atoms with Gasteiger partial charge in [0.25, 0.3) is 5.91 Å². The Labute approximate surface area is 151 Å². The molecule has 1 atom stereocenters. The number of carbonyl (C=O) groups excluding carboxylic acids is 2. The van der Waals surface area contributed by atoms with E-state index < -0.39 is 17.7 Å². The first-order valence-electron chi connectivity index (χ1n) is 8.24. The van der Waals surface area contributed by atoms with Crippen LogP contribution in [0.2, 0.25) is 0 Å². The minimum atomic E-state index is -0.580. The summed E-state index contributed by atoms with van der Waals surface area (Å²) in [6.45, 7) is 7.47. The van der Waals surface area contributed by atoms with Crippen molar-refractivity contribution in [3.05, 3.63) is 63.0 Å². The Morgan fingerprint density at radius 3 is 2.52 bits per heavy atom. The van der Waals surface area contributed by atoms with E-state index in [4.69, 9.17) is 0 Å². The molecule has 1 unspecified atom stereocenters. The molecule has 1 amide bonds. The molecule has 1 aromatic heterocycles. The summed E-state index contributed by atoms with van der Waals surface area (Å²) in [6.07, 6.45) is 0. The van der Waals surface area contributed by atoms with Crippen molar-refractivity contribution in [2.75, 3.05) is 4.90 Å². The molecule has 0 aliphatic carbocycles. The molecule has 3 rings (SSSR count). The minimum Gasteiger partial charge on any atom is -0.503 e. The van der Waals surface area contributed by atoms with E-state index in [1.54, 1.807) is 18.7 Å². The maximum absolute atomic E-state index is 12.9. The zero-order chi connectivity index (χ0) is 18.3. The molecule has 0 radical (unpaired) electrons. The molecular formula is C20H21NO3S. The summed E-state index contributed by atoms with van der Waals surface area (Å²) in [5.74, 6) is -1.45. The van der Waals surface area contributed by atoms with Gasteiger partial charge in [-0.2, -0.15) is 0 Å². The first-order chi connectivity index (χ1) is 11.8. The topological polar surface area (TPSA) is 57.6 Å². The number of carbonyl (C=O) groups is 2. The summed E-state index contributed by atoms with van der Waals surface area (Å²) in [6, 6.07) is 9.00. The van der Waals surface area contributed by atoms with Crippen molar-refractivity contribution in [3.8, 4) is 0 Å². The first-order valence-corrected chi connectivity index (χ1v) is 9.12. The van der Waals surface area contributed by atoms with Crippen molar-refractivity contribution in [3.63, 3.8) is 0 Å². The molecule has 1 aromatic carbocycles. The third-order valence-corrected chi connectivity index (χ3v) is 5.35. The van der Waals surface area contributed by atoms with Crippen molar-refractivity contribution < 1.29 is 14.7 Å². The summed E-state index contributed by atoms with van der Waals surface area (Å²) in [5, 5.41) is 12.4. The lowest BCUT2D eigenvalue weighted by Gasteiger charge is -2.27. The number of anilines is 1. The van der Waals surface area contributed by atoms with Gasteiger partial charge in [0.15, 0.2) is 11.5 Å². The second-order valence-electron chi connectivity index (χ2n) is 6.66. The van der Waals surface area contributed by atoms with E-state index in [2.05, 4.69) is 0 Å². The van der Waals surface area contributed by atoms with Gasteiger partial charge in [-0.15, -0.1) is 11.3 Å². The molecule has 4 nitrogen and oxygen atoms in total. The number of rotatable bonds is 4. The van der Waals surface area contributed by atoms with E-state index in [-0.39, 0.29) is 17.3 Å². The molecule has 130 valence electrons. The molecule has 0 spiro atoms. The zero-order valence-electron chi connectivity index (χ0n) is 14.7. The quantitative estimate of drug-likeness (QED) is 0.879. The average molecular weight is 355 g/mol. The first kappa shape index (κ1) is 17.4. The highest BCUT2D eigenvalue weighted by atomic mass is 32.1. The molecule has 1 aliphatic rings. The third kappa shape index (κ3) is 2.89. The number of aryl methyl sites for hydroxylation is 2. The van der Waals surface area contributed by atoms with Crippen LogP contribution >= 0.6 is 11.3 Å². The largest absolute Gasteiger partial charge is 0.503 e. The highest BCUT2D eigenvalue weighted by Crippen LogP contribution is 2.44. The van der Waals surface area contributed by atoms with Crippen LogP contribution in [0, 0.1) is 19.8 Å². The van der Waals surface area contributed by atoms with Crippen LogP contribution in [-0.2, 0) is 9.59 Å². The number of hydrogen-bond acceptors (Lipinski definition) is 4. The van der Waals surface area contributed by atoms with Crippen molar-refractivity contribution in [2.24, 2.45) is 5.92 Å². The van der Waals surface area contributed by atoms with Gasteiger partial charge in [-0.05, 0) is 36.9 Å². The van der Waals surface area contributed by atoms with Gasteiger partial charge in [-0.1, -0.05) is 37.6 Å². The molecule has 0 fully saturated rings. The highest BCUT2D eigenvalue weighted by molar-refractivity contribution is 7.10. The van der Waals surface area contributed by atoms with Crippen LogP contribution in [0.3, 0.4) is 0 Å². The number of thiophene rings is 1. The van der Waals surface area contributed by atoms with E-state index in [1.165, 1.54) is 11.3 Å². The number of amides is 1. The Balaban J connectivity index is 2.19. The number of Topliss-reactive ketones (excluding diaryl/α,β-unsaturated/α-hetero) is 1. The van der Waals surface area contributed by atoms with Gasteiger partial charge in [0.1, 0.15) is 6.04 Å². The van der Waals surface area contributed by atoms with Crippen molar-refractivity contribution >= 4 is 28.7 Å². The molecule has 5 heteroatoms. The number of aliphatic hydroxyl groups excluding tert-OH is 1. The molecule has 1 aliphatic heterocycles. The Morgan fingerprint density at radius 1 is 1.24 bits per heavy atom. The fraction of sp³-hybridized carbons (Fsp3) is 0.300. The number of ketones is 1. The van der Waals surface area contributed by atoms with E-state index in [1.807, 2.05) is 49.6 Å². The summed E-state index contributed by atoms with van der Waals surface area (Å²) in [7, 11) is 0. The molecular weight excluding hydrogens is 334 g/mol. The summed E-state index contributed by atoms with van der Waals surface area (Å²) < 4.78 is 0. The summed E-state index contributed by atoms with van der Waals surface area (Å²) >= 11 is 1.47. The SMILES string of the molecule is Cc1ccc(N2C(=O)C(O)=C(C(=O)C(C)C)C2c2cccs2)c(C)c1. The van der Waals surface area contributed by atoms with Gasteiger partial charge in [-0.25, -0.2) is 0 Å². The average Bonchev–Trinajstić information content (AvgIpc) is 3.15. The Kier molecular flexibility index (Phi) is 4.52. The fourth-order valence-electron chi connectivity index (χ4n) is 3.21. The maximum atomic E-state index is 12.9. The lowest BCUT2D eigenvalue weighted by atomic mass is 9.94. The monoisotopic (exact) mass is 355 g/mol. The van der Waals surface area contributed by atoms with E-state index in [9.17, 15) is 14.7 Å². The van der Waals surface area contributed by atoms with Gasteiger partial charge < -0.3 is 5.11 Å². The van der Waals surface area contributed by atoms with E-state index in [0.717, 1.165) is 16.0 Å². The second-order valence-corrected chi connectivity index (χ2v) is 7.64. The van der Waals surface area contributed by atoms with Crippen LogP contribution in [0.4, 0.5) is 5.69 Å². The van der Waals surface area contributed by atoms with Gasteiger partial charge in [0.05, 0.1) is 5.57 Å². The standard InChI is InChI=1S/C20H21NO3S/c1-11(2)18(22)16-17(15-6-5-9-25-15)21(20(24)19(16)23)14-8-7-12(3)10-13(14)4/h5-11,17,23H,1-4H3. The van der Waals surface area contributed by atoms with Gasteiger partial charge in [0, 0.05) is 16.5 Å². The molecule has 0 saturated heterocycles. The Hall–Kier alpha value is -2.40. The van der Waals surface area contributed by atoms with Crippen LogP contribution in [0.15, 0.2) is 47.0 Å². The van der Waals surface area contributed by atoms with Crippen molar-refractivity contribution in [2.45, 2.75) is 33.7 Å². The van der Waals surface area contributed by atoms with E-state index in [0.29, 0.717) is 5.69 Å². The predicted molar refractivity (Wildman–Crippen MR) is 100.0 cm³/mol. The lowest BCUT2D eigenvalue weighted by Crippen LogP contribution is -2.31. The molecule has 0 saturated carbocycles. The Bertz CT molecular complexity index is 865. The molecule has 2 heterocycles. The molecule has 0 bridgehead atoms. The lowest BCUT2D eigenvalue weighted by molar-refractivity contribution is -0.119. The zero-order valence-corrected chi connectivity index (χ0v) is 15.6. The molecule has 1 N–H and O–H groups in total. The van der Waals surface area contributed by atoms with Crippen LogP contribution in [0.5, 0.6) is 0 Å². The van der Waals surface area contributed by atoms with Crippen LogP contribution in [0.1, 0.15) is 35.9 Å². The minimum absolute atomic E-state index is 0.197. The number of nitrogens with zero attached hydrogens (tertiary/aromatic N) is 1. The smallest absolute Gasteiger partial charge is 0.294 e. The number of benzene rings is 1. The van der Waals surface area contributed by atoms with Crippen LogP contribution in [0.25, 0.3) is 0 Å². The summed E-state index contributed by atoms with van der Waals surface area (Å²) in [5.41, 5.74) is 2.94. The van der Waals surface area contributed by atoms with Crippen molar-refractivity contribution in [1.82, 2.24) is 0 Å². The third-order valence-electron chi connectivity index (χ3n) is 4.42.